The largest absolute Gasteiger partial charge is 0.479 e. The Kier molecular flexibility index (Phi) is 5.69. The number of rotatable bonds is 6. The third-order valence-corrected chi connectivity index (χ3v) is 2.86. The van der Waals surface area contributed by atoms with Crippen LogP contribution in [0.5, 0.6) is 0 Å². The fraction of sp³-hybridized carbons (Fsp3) is 0.308. The van der Waals surface area contributed by atoms with Crippen LogP contribution in [0.25, 0.3) is 0 Å². The van der Waals surface area contributed by atoms with Crippen LogP contribution in [0.1, 0.15) is 17.3 Å². The van der Waals surface area contributed by atoms with E-state index in [0.717, 1.165) is 6.92 Å². The summed E-state index contributed by atoms with van der Waals surface area (Å²) in [5.41, 5.74) is -1.72. The number of amides is 2. The number of nitrogens with one attached hydrogen (secondary N) is 2. The first-order valence-corrected chi connectivity index (χ1v) is 6.36. The van der Waals surface area contributed by atoms with Crippen LogP contribution in [0.4, 0.5) is 0 Å². The molecule has 0 spiro atoms. The van der Waals surface area contributed by atoms with Crippen molar-refractivity contribution in [2.75, 3.05) is 13.1 Å². The average Bonchev–Trinajstić information content (AvgIpc) is 2.43. The molecule has 1 aromatic rings. The Bertz CT molecular complexity index is 542. The summed E-state index contributed by atoms with van der Waals surface area (Å²) in [5, 5.41) is 23.1. The number of aliphatic hydroxyl groups is 1. The summed E-state index contributed by atoms with van der Waals surface area (Å²) >= 11 is 5.69. The van der Waals surface area contributed by atoms with E-state index >= 15 is 0 Å². The Hall–Kier alpha value is -2.12. The SMILES string of the molecule is CC(O)(CNC(=O)CNC(=O)c1ccc(Cl)cc1)C(=O)O. The number of carboxylic acid groups (broad SMARTS) is 1. The van der Waals surface area contributed by atoms with E-state index in [-0.39, 0.29) is 6.54 Å². The predicted octanol–water partition coefficient (Wildman–Crippen LogP) is 0.0216. The van der Waals surface area contributed by atoms with Crippen molar-refractivity contribution < 1.29 is 24.6 Å². The van der Waals surface area contributed by atoms with Gasteiger partial charge in [-0.3, -0.25) is 9.59 Å². The van der Waals surface area contributed by atoms with Gasteiger partial charge >= 0.3 is 5.97 Å². The molecule has 0 fully saturated rings. The molecule has 0 radical (unpaired) electrons. The van der Waals surface area contributed by atoms with Gasteiger partial charge in [-0.25, -0.2) is 4.79 Å². The molecule has 0 aliphatic carbocycles. The van der Waals surface area contributed by atoms with Crippen molar-refractivity contribution in [2.24, 2.45) is 0 Å². The van der Waals surface area contributed by atoms with Crippen molar-refractivity contribution in [1.82, 2.24) is 10.6 Å². The Balaban J connectivity index is 2.41. The van der Waals surface area contributed by atoms with E-state index in [1.54, 1.807) is 12.1 Å². The number of hydrogen-bond acceptors (Lipinski definition) is 4. The fourth-order valence-corrected chi connectivity index (χ4v) is 1.40. The second-order valence-corrected chi connectivity index (χ2v) is 4.98. The molecule has 1 unspecified atom stereocenters. The smallest absolute Gasteiger partial charge is 0.337 e. The highest BCUT2D eigenvalue weighted by molar-refractivity contribution is 6.30. The standard InChI is InChI=1S/C13H15ClN2O5/c1-13(21,12(19)20)7-16-10(17)6-15-11(18)8-2-4-9(14)5-3-8/h2-5,21H,6-7H2,1H3,(H,15,18)(H,16,17)(H,19,20). The maximum Gasteiger partial charge on any atom is 0.337 e. The zero-order valence-corrected chi connectivity index (χ0v) is 12.0. The summed E-state index contributed by atoms with van der Waals surface area (Å²) < 4.78 is 0. The van der Waals surface area contributed by atoms with Crippen molar-refractivity contribution >= 4 is 29.4 Å². The van der Waals surface area contributed by atoms with Gasteiger partial charge in [0, 0.05) is 10.6 Å². The molecule has 0 heterocycles. The number of carbonyl (C=O) groups excluding carboxylic acids is 2. The van der Waals surface area contributed by atoms with Gasteiger partial charge in [-0.15, -0.1) is 0 Å². The third-order valence-electron chi connectivity index (χ3n) is 2.61. The van der Waals surface area contributed by atoms with Crippen molar-refractivity contribution in [3.05, 3.63) is 34.9 Å². The lowest BCUT2D eigenvalue weighted by atomic mass is 10.1. The normalized spacial score (nSPS) is 13.1. The summed E-state index contributed by atoms with van der Waals surface area (Å²) in [6.07, 6.45) is 0. The van der Waals surface area contributed by atoms with Crippen molar-refractivity contribution in [1.29, 1.82) is 0 Å². The van der Waals surface area contributed by atoms with Gasteiger partial charge in [0.25, 0.3) is 5.91 Å². The van der Waals surface area contributed by atoms with E-state index in [2.05, 4.69) is 10.6 Å². The number of hydrogen-bond donors (Lipinski definition) is 4. The Morgan fingerprint density at radius 1 is 1.19 bits per heavy atom. The van der Waals surface area contributed by atoms with Gasteiger partial charge in [0.2, 0.25) is 5.91 Å². The maximum absolute atomic E-state index is 11.7. The van der Waals surface area contributed by atoms with Crippen LogP contribution in [0.15, 0.2) is 24.3 Å². The average molecular weight is 315 g/mol. The molecule has 1 rings (SSSR count). The number of carbonyl (C=O) groups is 3. The molecule has 114 valence electrons. The number of carboxylic acids is 1. The van der Waals surface area contributed by atoms with Gasteiger partial charge in [0.1, 0.15) is 0 Å². The minimum atomic E-state index is -2.06. The number of halogens is 1. The summed E-state index contributed by atoms with van der Waals surface area (Å²) in [5.74, 6) is -2.53. The second kappa shape index (κ2) is 7.05. The van der Waals surface area contributed by atoms with Crippen LogP contribution in [0.3, 0.4) is 0 Å². The van der Waals surface area contributed by atoms with Gasteiger partial charge in [-0.05, 0) is 31.2 Å². The summed E-state index contributed by atoms with van der Waals surface area (Å²) in [6.45, 7) is 0.261. The molecule has 1 atom stereocenters. The molecule has 2 amide bonds. The summed E-state index contributed by atoms with van der Waals surface area (Å²) in [4.78, 5) is 33.8. The van der Waals surface area contributed by atoms with Crippen LogP contribution >= 0.6 is 11.6 Å². The zero-order chi connectivity index (χ0) is 16.0. The first-order chi connectivity index (χ1) is 9.72. The van der Waals surface area contributed by atoms with E-state index in [1.807, 2.05) is 0 Å². The minimum Gasteiger partial charge on any atom is -0.479 e. The van der Waals surface area contributed by atoms with Gasteiger partial charge in [-0.2, -0.15) is 0 Å². The molecule has 8 heteroatoms. The van der Waals surface area contributed by atoms with Crippen LogP contribution in [-0.4, -0.2) is 46.7 Å². The lowest BCUT2D eigenvalue weighted by Gasteiger charge is -2.18. The van der Waals surface area contributed by atoms with E-state index in [4.69, 9.17) is 16.7 Å². The van der Waals surface area contributed by atoms with Gasteiger partial charge < -0.3 is 20.8 Å². The molecule has 0 saturated carbocycles. The fourth-order valence-electron chi connectivity index (χ4n) is 1.27. The molecule has 0 saturated heterocycles. The van der Waals surface area contributed by atoms with E-state index in [9.17, 15) is 19.5 Å². The molecular weight excluding hydrogens is 300 g/mol. The quantitative estimate of drug-likeness (QED) is 0.591. The molecule has 0 bridgehead atoms. The van der Waals surface area contributed by atoms with Crippen LogP contribution in [0, 0.1) is 0 Å². The molecule has 0 aromatic heterocycles. The molecule has 0 aliphatic rings. The lowest BCUT2D eigenvalue weighted by molar-refractivity contribution is -0.156. The molecule has 7 nitrogen and oxygen atoms in total. The minimum absolute atomic E-state index is 0.336. The second-order valence-electron chi connectivity index (χ2n) is 4.55. The number of benzene rings is 1. The Morgan fingerprint density at radius 2 is 1.76 bits per heavy atom. The zero-order valence-electron chi connectivity index (χ0n) is 11.2. The first kappa shape index (κ1) is 16.9. The maximum atomic E-state index is 11.7. The van der Waals surface area contributed by atoms with E-state index < -0.39 is 29.9 Å². The van der Waals surface area contributed by atoms with Gasteiger partial charge in [0.15, 0.2) is 5.60 Å². The van der Waals surface area contributed by atoms with E-state index in [1.165, 1.54) is 12.1 Å². The van der Waals surface area contributed by atoms with Crippen molar-refractivity contribution in [2.45, 2.75) is 12.5 Å². The van der Waals surface area contributed by atoms with Gasteiger partial charge in [-0.1, -0.05) is 11.6 Å². The molecule has 0 aliphatic heterocycles. The molecule has 4 N–H and O–H groups in total. The Labute approximate surface area is 125 Å². The Morgan fingerprint density at radius 3 is 2.29 bits per heavy atom. The highest BCUT2D eigenvalue weighted by atomic mass is 35.5. The van der Waals surface area contributed by atoms with Crippen LogP contribution < -0.4 is 10.6 Å². The monoisotopic (exact) mass is 314 g/mol. The topological polar surface area (TPSA) is 116 Å². The highest BCUT2D eigenvalue weighted by Gasteiger charge is 2.30. The van der Waals surface area contributed by atoms with Gasteiger partial charge in [0.05, 0.1) is 13.1 Å². The molecule has 21 heavy (non-hydrogen) atoms. The van der Waals surface area contributed by atoms with Crippen LogP contribution in [0.2, 0.25) is 5.02 Å². The first-order valence-electron chi connectivity index (χ1n) is 5.98. The molecule has 1 aromatic carbocycles. The highest BCUT2D eigenvalue weighted by Crippen LogP contribution is 2.09. The third kappa shape index (κ3) is 5.41. The van der Waals surface area contributed by atoms with Crippen LogP contribution in [-0.2, 0) is 9.59 Å². The lowest BCUT2D eigenvalue weighted by Crippen LogP contribution is -2.48. The van der Waals surface area contributed by atoms with Crippen molar-refractivity contribution in [3.8, 4) is 0 Å². The molecular formula is C13H15ClN2O5. The summed E-state index contributed by atoms with van der Waals surface area (Å²) in [6, 6.07) is 6.09. The van der Waals surface area contributed by atoms with E-state index in [0.29, 0.717) is 10.6 Å². The van der Waals surface area contributed by atoms with Crippen molar-refractivity contribution in [3.63, 3.8) is 0 Å². The summed E-state index contributed by atoms with van der Waals surface area (Å²) in [7, 11) is 0. The number of aliphatic carboxylic acids is 1. The predicted molar refractivity (Wildman–Crippen MR) is 75.1 cm³/mol.